The molecule has 0 saturated heterocycles. The van der Waals surface area contributed by atoms with E-state index in [2.05, 4.69) is 9.24 Å². The zero-order valence-corrected chi connectivity index (χ0v) is 4.91. The quantitative estimate of drug-likeness (QED) is 0.445. The lowest BCUT2D eigenvalue weighted by Gasteiger charge is -2.04. The van der Waals surface area contributed by atoms with E-state index in [0.717, 1.165) is 0 Å². The Kier molecular flexibility index (Phi) is 2.66. The molecule has 3 heteroatoms. The van der Waals surface area contributed by atoms with Crippen LogP contribution in [-0.2, 0) is 0 Å². The van der Waals surface area contributed by atoms with Gasteiger partial charge >= 0.3 is 0 Å². The molecule has 0 aliphatic carbocycles. The molecule has 6 heavy (non-hydrogen) atoms. The van der Waals surface area contributed by atoms with E-state index in [-0.39, 0.29) is 6.04 Å². The predicted octanol–water partition coefficient (Wildman–Crippen LogP) is -0.473. The van der Waals surface area contributed by atoms with E-state index in [1.807, 2.05) is 0 Å². The van der Waals surface area contributed by atoms with Gasteiger partial charge in [-0.05, 0) is 6.92 Å². The van der Waals surface area contributed by atoms with E-state index in [1.54, 1.807) is 6.92 Å². The Morgan fingerprint density at radius 1 is 1.83 bits per heavy atom. The van der Waals surface area contributed by atoms with Crippen molar-refractivity contribution in [2.45, 2.75) is 18.8 Å². The molecule has 0 rings (SSSR count). The Bertz CT molecular complexity index is 31.8. The SMILES string of the molecule is CC(N)C(O)P. The van der Waals surface area contributed by atoms with Crippen molar-refractivity contribution in [3.8, 4) is 0 Å². The van der Waals surface area contributed by atoms with Gasteiger partial charge in [0.05, 0.1) is 5.85 Å². The second-order valence-corrected chi connectivity index (χ2v) is 2.03. The third-order valence-electron chi connectivity index (χ3n) is 0.539. The molecule has 0 fully saturated rings. The lowest BCUT2D eigenvalue weighted by Crippen LogP contribution is -2.25. The molecule has 3 atom stereocenters. The molecule has 3 N–H and O–H groups in total. The van der Waals surface area contributed by atoms with E-state index < -0.39 is 5.85 Å². The van der Waals surface area contributed by atoms with Gasteiger partial charge in [0.2, 0.25) is 0 Å². The summed E-state index contributed by atoms with van der Waals surface area (Å²) in [6, 6.07) is -0.130. The third kappa shape index (κ3) is 2.58. The zero-order chi connectivity index (χ0) is 5.15. The monoisotopic (exact) mass is 107 g/mol. The van der Waals surface area contributed by atoms with Crippen molar-refractivity contribution in [1.82, 2.24) is 0 Å². The lowest BCUT2D eigenvalue weighted by molar-refractivity contribution is 0.237. The van der Waals surface area contributed by atoms with Crippen molar-refractivity contribution in [2.75, 3.05) is 0 Å². The normalized spacial score (nSPS) is 20.0. The van der Waals surface area contributed by atoms with Crippen molar-refractivity contribution < 1.29 is 5.11 Å². The molecule has 0 spiro atoms. The molecule has 0 amide bonds. The molecule has 0 radical (unpaired) electrons. The van der Waals surface area contributed by atoms with Crippen LogP contribution in [-0.4, -0.2) is 17.0 Å². The van der Waals surface area contributed by atoms with Gasteiger partial charge < -0.3 is 10.8 Å². The Balaban J connectivity index is 2.99. The van der Waals surface area contributed by atoms with E-state index >= 15 is 0 Å². The maximum atomic E-state index is 8.47. The molecule has 0 aromatic carbocycles. The fourth-order valence-corrected chi connectivity index (χ4v) is 0. The van der Waals surface area contributed by atoms with E-state index in [1.165, 1.54) is 0 Å². The molecule has 3 unspecified atom stereocenters. The highest BCUT2D eigenvalue weighted by Crippen LogP contribution is 1.95. The Hall–Kier alpha value is 0.350. The minimum atomic E-state index is -0.454. The van der Waals surface area contributed by atoms with Crippen LogP contribution in [0.5, 0.6) is 0 Å². The number of hydrogen-bond acceptors (Lipinski definition) is 2. The summed E-state index contributed by atoms with van der Waals surface area (Å²) in [5, 5.41) is 8.47. The number of hydrogen-bond donors (Lipinski definition) is 2. The van der Waals surface area contributed by atoms with Crippen molar-refractivity contribution >= 4 is 9.24 Å². The maximum absolute atomic E-state index is 8.47. The highest BCUT2D eigenvalue weighted by atomic mass is 31.0. The molecular weight excluding hydrogens is 97.0 g/mol. The van der Waals surface area contributed by atoms with Crippen LogP contribution < -0.4 is 5.73 Å². The van der Waals surface area contributed by atoms with Crippen LogP contribution in [0.2, 0.25) is 0 Å². The maximum Gasteiger partial charge on any atom is 0.0820 e. The second-order valence-electron chi connectivity index (χ2n) is 1.35. The molecule has 0 aliphatic rings. The van der Waals surface area contributed by atoms with E-state index in [4.69, 9.17) is 10.8 Å². The molecule has 0 saturated carbocycles. The van der Waals surface area contributed by atoms with Crippen LogP contribution in [0.1, 0.15) is 6.92 Å². The summed E-state index contributed by atoms with van der Waals surface area (Å²) in [4.78, 5) is 0. The highest BCUT2D eigenvalue weighted by Gasteiger charge is 1.98. The van der Waals surface area contributed by atoms with Gasteiger partial charge in [0, 0.05) is 6.04 Å². The predicted molar refractivity (Wildman–Crippen MR) is 29.4 cm³/mol. The summed E-state index contributed by atoms with van der Waals surface area (Å²) >= 11 is 0. The lowest BCUT2D eigenvalue weighted by atomic mass is 10.4. The molecular formula is C3H10NOP. The molecule has 0 bridgehead atoms. The standard InChI is InChI=1S/C3H10NOP/c1-2(4)3(5)6/h2-3,5H,4,6H2,1H3. The summed E-state index contributed by atoms with van der Waals surface area (Å²) < 4.78 is 0. The van der Waals surface area contributed by atoms with Gasteiger partial charge in [0.1, 0.15) is 0 Å². The summed E-state index contributed by atoms with van der Waals surface area (Å²) in [6.45, 7) is 1.75. The largest absolute Gasteiger partial charge is 0.388 e. The van der Waals surface area contributed by atoms with Crippen LogP contribution in [0.3, 0.4) is 0 Å². The first-order valence-corrected chi connectivity index (χ1v) is 2.50. The number of aliphatic hydroxyl groups is 1. The minimum absolute atomic E-state index is 0.130. The first-order valence-electron chi connectivity index (χ1n) is 1.84. The van der Waals surface area contributed by atoms with Gasteiger partial charge in [-0.2, -0.15) is 0 Å². The fourth-order valence-electron chi connectivity index (χ4n) is 0. The van der Waals surface area contributed by atoms with Crippen molar-refractivity contribution in [2.24, 2.45) is 5.73 Å². The van der Waals surface area contributed by atoms with Gasteiger partial charge in [-0.15, -0.1) is 9.24 Å². The first kappa shape index (κ1) is 6.35. The average molecular weight is 107 g/mol. The number of aliphatic hydroxyl groups excluding tert-OH is 1. The van der Waals surface area contributed by atoms with E-state index in [0.29, 0.717) is 0 Å². The van der Waals surface area contributed by atoms with Crippen molar-refractivity contribution in [1.29, 1.82) is 0 Å². The second kappa shape index (κ2) is 2.51. The van der Waals surface area contributed by atoms with Crippen molar-refractivity contribution in [3.63, 3.8) is 0 Å². The van der Waals surface area contributed by atoms with Gasteiger partial charge in [-0.1, -0.05) is 0 Å². The summed E-state index contributed by atoms with van der Waals surface area (Å²) in [6.07, 6.45) is 0. The molecule has 38 valence electrons. The van der Waals surface area contributed by atoms with Crippen LogP contribution >= 0.6 is 9.24 Å². The molecule has 0 heterocycles. The fraction of sp³-hybridized carbons (Fsp3) is 1.00. The Labute approximate surface area is 39.9 Å². The summed E-state index contributed by atoms with van der Waals surface area (Å²) in [5.74, 6) is -0.454. The first-order chi connectivity index (χ1) is 2.64. The van der Waals surface area contributed by atoms with Crippen LogP contribution in [0.15, 0.2) is 0 Å². The third-order valence-corrected chi connectivity index (χ3v) is 1.15. The summed E-state index contributed by atoms with van der Waals surface area (Å²) in [7, 11) is 2.20. The van der Waals surface area contributed by atoms with Crippen LogP contribution in [0.4, 0.5) is 0 Å². The van der Waals surface area contributed by atoms with Gasteiger partial charge in [-0.3, -0.25) is 0 Å². The smallest absolute Gasteiger partial charge is 0.0820 e. The van der Waals surface area contributed by atoms with Crippen LogP contribution in [0, 0.1) is 0 Å². The number of rotatable bonds is 1. The number of nitrogens with two attached hydrogens (primary N) is 1. The van der Waals surface area contributed by atoms with Crippen LogP contribution in [0.25, 0.3) is 0 Å². The average Bonchev–Trinajstić information content (AvgIpc) is 1.36. The Morgan fingerprint density at radius 3 is 2.00 bits per heavy atom. The summed E-state index contributed by atoms with van der Waals surface area (Å²) in [5.41, 5.74) is 5.16. The highest BCUT2D eigenvalue weighted by molar-refractivity contribution is 7.17. The van der Waals surface area contributed by atoms with Crippen molar-refractivity contribution in [3.05, 3.63) is 0 Å². The van der Waals surface area contributed by atoms with E-state index in [9.17, 15) is 0 Å². The van der Waals surface area contributed by atoms with Gasteiger partial charge in [-0.25, -0.2) is 0 Å². The molecule has 0 aromatic heterocycles. The molecule has 0 aliphatic heterocycles. The van der Waals surface area contributed by atoms with Gasteiger partial charge in [0.25, 0.3) is 0 Å². The Morgan fingerprint density at radius 2 is 2.00 bits per heavy atom. The minimum Gasteiger partial charge on any atom is -0.388 e. The van der Waals surface area contributed by atoms with Gasteiger partial charge in [0.15, 0.2) is 0 Å². The topological polar surface area (TPSA) is 46.2 Å². The molecule has 0 aromatic rings. The zero-order valence-electron chi connectivity index (χ0n) is 3.76. The molecule has 2 nitrogen and oxygen atoms in total.